The van der Waals surface area contributed by atoms with Gasteiger partial charge in [-0.25, -0.2) is 0 Å². The molecule has 0 aliphatic carbocycles. The molecule has 0 saturated carbocycles. The van der Waals surface area contributed by atoms with Gasteiger partial charge in [-0.05, 0) is 27.7 Å². The van der Waals surface area contributed by atoms with Crippen LogP contribution in [0.3, 0.4) is 0 Å². The average Bonchev–Trinajstić information content (AvgIpc) is 3.09. The lowest BCUT2D eigenvalue weighted by Gasteiger charge is -2.50. The summed E-state index contributed by atoms with van der Waals surface area (Å²) in [5, 5.41) is 134. The van der Waals surface area contributed by atoms with Gasteiger partial charge in [-0.1, -0.05) is 14.9 Å². The average molecular weight is 835 g/mol. The van der Waals surface area contributed by atoms with E-state index in [4.69, 9.17) is 42.6 Å². The first-order chi connectivity index (χ1) is 25.6. The van der Waals surface area contributed by atoms with Crippen molar-refractivity contribution in [1.82, 2.24) is 0 Å². The molecule has 4 aliphatic heterocycles. The molecule has 4 rings (SSSR count). The SMILES string of the molecule is C.C.CC(C)O[C@@H]1O[C@@H](C(=O)[O-])[C@@H](O[C@@H]2OC(C(=O)[O-])[C@@H](O[C@@H]3O[C@@H](C(=O)[O-])[C@@H](O[C@@H]4OC(C(=O)[O-])[C@@H](OC(C)C)[C@@H](O)C4O)C(O)C3O)[C@H](O)C2O)C(O)C1O. The van der Waals surface area contributed by atoms with E-state index in [2.05, 4.69) is 0 Å². The Bertz CT molecular complexity index is 1350. The maximum atomic E-state index is 12.1. The highest BCUT2D eigenvalue weighted by Gasteiger charge is 2.56. The molecule has 332 valence electrons. The molecule has 25 heteroatoms. The summed E-state index contributed by atoms with van der Waals surface area (Å²) < 4.78 is 46.9. The van der Waals surface area contributed by atoms with Crippen LogP contribution in [0.5, 0.6) is 0 Å². The summed E-state index contributed by atoms with van der Waals surface area (Å²) >= 11 is 0. The molecule has 8 N–H and O–H groups in total. The lowest BCUT2D eigenvalue weighted by atomic mass is 9.95. The van der Waals surface area contributed by atoms with E-state index in [0.717, 1.165) is 0 Å². The second-order valence-corrected chi connectivity index (χ2v) is 13.5. The predicted octanol–water partition coefficient (Wildman–Crippen LogP) is -10.6. The molecule has 20 atom stereocenters. The van der Waals surface area contributed by atoms with Gasteiger partial charge in [0.05, 0.1) is 36.1 Å². The summed E-state index contributed by atoms with van der Waals surface area (Å²) in [5.41, 5.74) is 0. The van der Waals surface area contributed by atoms with Gasteiger partial charge < -0.3 is 123 Å². The van der Waals surface area contributed by atoms with Crippen LogP contribution >= 0.6 is 0 Å². The van der Waals surface area contributed by atoms with E-state index >= 15 is 0 Å². The summed E-state index contributed by atoms with van der Waals surface area (Å²) in [5.74, 6) is -8.41. The summed E-state index contributed by atoms with van der Waals surface area (Å²) in [7, 11) is 0. The normalized spacial score (nSPS) is 43.8. The molecule has 0 bridgehead atoms. The molecule has 0 aromatic heterocycles. The molecule has 0 spiro atoms. The largest absolute Gasteiger partial charge is 0.547 e. The molecule has 4 aliphatic rings. The second kappa shape index (κ2) is 20.4. The second-order valence-electron chi connectivity index (χ2n) is 13.5. The van der Waals surface area contributed by atoms with Crippen LogP contribution in [0.2, 0.25) is 0 Å². The maximum Gasteiger partial charge on any atom is 0.187 e. The molecule has 4 fully saturated rings. The zero-order valence-electron chi connectivity index (χ0n) is 29.2. The van der Waals surface area contributed by atoms with Gasteiger partial charge in [-0.3, -0.25) is 0 Å². The van der Waals surface area contributed by atoms with Gasteiger partial charge in [0, 0.05) is 0 Å². The number of carbonyl (C=O) groups is 4. The Morgan fingerprint density at radius 3 is 0.895 bits per heavy atom. The van der Waals surface area contributed by atoms with Gasteiger partial charge in [0.15, 0.2) is 25.2 Å². The number of carboxylic acid groups (broad SMARTS) is 4. The van der Waals surface area contributed by atoms with Crippen molar-refractivity contribution in [3.8, 4) is 0 Å². The standard InChI is InChI=1S/C30H46O25.2CH4/c1-5(2)47-15-7(31)12(36)28(53-19(15)23(39)40)50-17-9(33)14(38)30(55-21(17)25(43)44)51-18-10(34)13(37)29(54-22(18)26(45)46)49-16-8(32)11(35)27(48-6(3)4)52-20(16)24(41)42;;/h5-22,27-38H,1-4H3,(H,39,40)(H,41,42)(H,43,44)(H,45,46);2*1H4/p-4/t7-,8?,9?,10+,11?,12?,13?,14?,15-,16-,17-,18-,19?,20+,21+,22?,27+,28+,29+,30+;;/m0../s1. The van der Waals surface area contributed by atoms with E-state index in [1.54, 1.807) is 0 Å². The van der Waals surface area contributed by atoms with E-state index in [1.165, 1.54) is 27.7 Å². The number of ether oxygens (including phenoxy) is 9. The van der Waals surface area contributed by atoms with Crippen LogP contribution in [-0.4, -0.2) is 200 Å². The fourth-order valence-corrected chi connectivity index (χ4v) is 6.21. The minimum absolute atomic E-state index is 0. The van der Waals surface area contributed by atoms with Crippen LogP contribution in [0.4, 0.5) is 0 Å². The number of carboxylic acids is 4. The Morgan fingerprint density at radius 1 is 0.404 bits per heavy atom. The highest BCUT2D eigenvalue weighted by molar-refractivity contribution is 5.72. The first-order valence-corrected chi connectivity index (χ1v) is 16.7. The van der Waals surface area contributed by atoms with Crippen LogP contribution in [-0.2, 0) is 61.8 Å². The van der Waals surface area contributed by atoms with E-state index in [9.17, 15) is 80.5 Å². The highest BCUT2D eigenvalue weighted by Crippen LogP contribution is 2.35. The minimum Gasteiger partial charge on any atom is -0.547 e. The molecular weight excluding hydrogens is 784 g/mol. The van der Waals surface area contributed by atoms with Crippen molar-refractivity contribution >= 4 is 23.9 Å². The Balaban J connectivity index is 0.00000561. The van der Waals surface area contributed by atoms with Crippen LogP contribution in [0.15, 0.2) is 0 Å². The van der Waals surface area contributed by atoms with Crippen LogP contribution in [0.25, 0.3) is 0 Å². The van der Waals surface area contributed by atoms with Crippen LogP contribution in [0, 0.1) is 0 Å². The van der Waals surface area contributed by atoms with Gasteiger partial charge in [-0.2, -0.15) is 0 Å². The quantitative estimate of drug-likeness (QED) is 0.0805. The monoisotopic (exact) mass is 834 g/mol. The molecule has 25 nitrogen and oxygen atoms in total. The predicted molar refractivity (Wildman–Crippen MR) is 167 cm³/mol. The summed E-state index contributed by atoms with van der Waals surface area (Å²) in [4.78, 5) is 47.9. The van der Waals surface area contributed by atoms with Gasteiger partial charge in [-0.15, -0.1) is 0 Å². The Morgan fingerprint density at radius 2 is 0.632 bits per heavy atom. The molecule has 0 radical (unpaired) electrons. The first kappa shape index (κ1) is 50.3. The third-order valence-corrected chi connectivity index (χ3v) is 8.82. The van der Waals surface area contributed by atoms with Gasteiger partial charge in [0.1, 0.15) is 97.7 Å². The van der Waals surface area contributed by atoms with E-state index in [-0.39, 0.29) is 14.9 Å². The zero-order valence-corrected chi connectivity index (χ0v) is 29.2. The molecule has 57 heavy (non-hydrogen) atoms. The van der Waals surface area contributed by atoms with E-state index < -0.39 is 159 Å². The fraction of sp³-hybridized carbons (Fsp3) is 0.875. The Hall–Kier alpha value is -2.80. The van der Waals surface area contributed by atoms with E-state index in [1.807, 2.05) is 0 Å². The summed E-state index contributed by atoms with van der Waals surface area (Å²) in [6.07, 6.45) is -46.3. The van der Waals surface area contributed by atoms with Crippen molar-refractivity contribution in [3.05, 3.63) is 0 Å². The summed E-state index contributed by atoms with van der Waals surface area (Å²) in [6.45, 7) is 5.91. The van der Waals surface area contributed by atoms with Crippen molar-refractivity contribution < 1.29 is 123 Å². The molecule has 0 aromatic carbocycles. The molecular formula is C32H50O25-4. The Kier molecular flexibility index (Phi) is 18.1. The van der Waals surface area contributed by atoms with Gasteiger partial charge >= 0.3 is 0 Å². The van der Waals surface area contributed by atoms with E-state index in [0.29, 0.717) is 0 Å². The number of hydrogen-bond donors (Lipinski definition) is 8. The number of rotatable bonds is 14. The van der Waals surface area contributed by atoms with Crippen molar-refractivity contribution in [2.24, 2.45) is 0 Å². The zero-order chi connectivity index (χ0) is 41.4. The van der Waals surface area contributed by atoms with Gasteiger partial charge in [0.25, 0.3) is 0 Å². The fourth-order valence-electron chi connectivity index (χ4n) is 6.21. The molecule has 8 unspecified atom stereocenters. The lowest BCUT2D eigenvalue weighted by Crippen LogP contribution is -2.70. The highest BCUT2D eigenvalue weighted by atomic mass is 16.8. The van der Waals surface area contributed by atoms with Crippen molar-refractivity contribution in [1.29, 1.82) is 0 Å². The minimum atomic E-state index is -2.55. The number of aliphatic hydroxyl groups is 8. The number of carbonyl (C=O) groups excluding carboxylic acids is 4. The number of aliphatic carboxylic acids is 4. The third kappa shape index (κ3) is 10.9. The molecule has 0 aromatic rings. The molecule has 0 amide bonds. The van der Waals surface area contributed by atoms with Crippen molar-refractivity contribution in [2.75, 3.05) is 0 Å². The summed E-state index contributed by atoms with van der Waals surface area (Å²) in [6, 6.07) is 0. The first-order valence-electron chi connectivity index (χ1n) is 16.7. The smallest absolute Gasteiger partial charge is 0.187 e. The van der Waals surface area contributed by atoms with Gasteiger partial charge in [0.2, 0.25) is 0 Å². The topological polar surface area (TPSA) is 405 Å². The lowest BCUT2D eigenvalue weighted by molar-refractivity contribution is -0.403. The number of aliphatic hydroxyl groups excluding tert-OH is 8. The third-order valence-electron chi connectivity index (χ3n) is 8.82. The molecule has 4 heterocycles. The Labute approximate surface area is 324 Å². The van der Waals surface area contributed by atoms with Crippen molar-refractivity contribution in [2.45, 2.75) is 178 Å². The van der Waals surface area contributed by atoms with Crippen LogP contribution < -0.4 is 20.4 Å². The maximum absolute atomic E-state index is 12.1. The molecule has 4 saturated heterocycles. The van der Waals surface area contributed by atoms with Crippen LogP contribution in [0.1, 0.15) is 42.5 Å². The van der Waals surface area contributed by atoms with Crippen molar-refractivity contribution in [3.63, 3.8) is 0 Å². The number of hydrogen-bond acceptors (Lipinski definition) is 25.